The molecule has 8 nitrogen and oxygen atoms in total. The third kappa shape index (κ3) is 9.33. The van der Waals surface area contributed by atoms with E-state index in [9.17, 15) is 56.8 Å². The van der Waals surface area contributed by atoms with Crippen molar-refractivity contribution in [2.75, 3.05) is 36.2 Å². The third-order valence-corrected chi connectivity index (χ3v) is 13.9. The number of aliphatic hydroxyl groups is 4. The summed E-state index contributed by atoms with van der Waals surface area (Å²) in [6.07, 6.45) is 2.67. The predicted octanol–water partition coefficient (Wildman–Crippen LogP) is 7.18. The molecule has 7 atom stereocenters. The molecule has 2 saturated carbocycles. The fourth-order valence-corrected chi connectivity index (χ4v) is 10.6. The van der Waals surface area contributed by atoms with Crippen LogP contribution in [0.4, 0.5) is 32.4 Å². The Morgan fingerprint density at radius 3 is 2.14 bits per heavy atom. The quantitative estimate of drug-likeness (QED) is 0.0572. The number of unbranched alkanes of at least 4 members (excludes halogenated alkanes) is 6. The summed E-state index contributed by atoms with van der Waals surface area (Å²) in [6, 6.07) is 5.51. The molecule has 0 bridgehead atoms. The van der Waals surface area contributed by atoms with Crippen molar-refractivity contribution in [3.8, 4) is 0 Å². The lowest BCUT2D eigenvalue weighted by Gasteiger charge is -2.53. The first kappa shape index (κ1) is 42.0. The van der Waals surface area contributed by atoms with Crippen molar-refractivity contribution in [1.29, 1.82) is 0 Å². The van der Waals surface area contributed by atoms with Gasteiger partial charge >= 0.3 is 18.2 Å². The number of anilines is 1. The molecule has 2 fully saturated rings. The monoisotopic (exact) mass is 753 g/mol. The average molecular weight is 754 g/mol. The number of halogens is 5. The zero-order valence-corrected chi connectivity index (χ0v) is 30.4. The number of nitrogens with zero attached hydrogens (tertiary/aromatic N) is 1. The Labute approximate surface area is 301 Å². The van der Waals surface area contributed by atoms with Crippen LogP contribution in [0.2, 0.25) is 0 Å². The molecule has 1 aromatic carbocycles. The number of rotatable bonds is 19. The van der Waals surface area contributed by atoms with Gasteiger partial charge in [0.2, 0.25) is 0 Å². The maximum absolute atomic E-state index is 13.0. The second-order valence-corrected chi connectivity index (χ2v) is 17.2. The summed E-state index contributed by atoms with van der Waals surface area (Å²) < 4.78 is 75.0. The molecule has 0 aromatic heterocycles. The summed E-state index contributed by atoms with van der Waals surface area (Å²) >= 11 is -1.42. The van der Waals surface area contributed by atoms with Crippen LogP contribution in [0.3, 0.4) is 0 Å². The minimum absolute atomic E-state index is 0.127. The highest BCUT2D eigenvalue weighted by atomic mass is 32.2. The molecule has 1 unspecified atom stereocenters. The van der Waals surface area contributed by atoms with E-state index >= 15 is 0 Å². The van der Waals surface area contributed by atoms with E-state index in [1.807, 2.05) is 12.1 Å². The normalized spacial score (nSPS) is 27.1. The van der Waals surface area contributed by atoms with Gasteiger partial charge < -0.3 is 30.1 Å². The number of hydrogen-bond donors (Lipinski definition) is 5. The maximum atomic E-state index is 13.0. The van der Waals surface area contributed by atoms with Crippen molar-refractivity contribution >= 4 is 23.0 Å². The molecule has 5 N–H and O–H groups in total. The molecule has 1 amide bonds. The summed E-state index contributed by atoms with van der Waals surface area (Å²) in [5.41, 5.74) is 0.621. The Balaban J connectivity index is 1.32. The van der Waals surface area contributed by atoms with Gasteiger partial charge in [-0.1, -0.05) is 56.3 Å². The summed E-state index contributed by atoms with van der Waals surface area (Å²) in [4.78, 5) is 13.3. The Morgan fingerprint density at radius 2 is 1.53 bits per heavy atom. The van der Waals surface area contributed by atoms with Crippen molar-refractivity contribution in [3.05, 3.63) is 29.3 Å². The Kier molecular flexibility index (Phi) is 14.5. The maximum Gasteiger partial charge on any atom is 0.453 e. The van der Waals surface area contributed by atoms with E-state index in [1.165, 1.54) is 5.56 Å². The molecule has 3 aliphatic carbocycles. The minimum Gasteiger partial charge on any atom is -0.616 e. The van der Waals surface area contributed by atoms with Crippen LogP contribution in [0.25, 0.3) is 0 Å². The van der Waals surface area contributed by atoms with E-state index in [1.54, 1.807) is 6.07 Å². The molecule has 0 spiro atoms. The topological polar surface area (TPSA) is 145 Å². The van der Waals surface area contributed by atoms with Crippen molar-refractivity contribution in [2.24, 2.45) is 23.2 Å². The molecular weight excluding hydrogens is 697 g/mol. The van der Waals surface area contributed by atoms with E-state index in [0.717, 1.165) is 87.5 Å². The zero-order chi connectivity index (χ0) is 37.6. The first-order valence-corrected chi connectivity index (χ1v) is 20.0. The minimum atomic E-state index is -5.58. The lowest BCUT2D eigenvalue weighted by molar-refractivity contribution is -0.284. The molecule has 0 saturated heterocycles. The van der Waals surface area contributed by atoms with Crippen molar-refractivity contribution in [3.63, 3.8) is 0 Å². The molecule has 0 radical (unpaired) electrons. The van der Waals surface area contributed by atoms with E-state index < -0.39 is 67.6 Å². The molecule has 0 aliphatic heterocycles. The average Bonchev–Trinajstić information content (AvgIpc) is 3.38. The van der Waals surface area contributed by atoms with Crippen LogP contribution in [0.1, 0.15) is 114 Å². The lowest BCUT2D eigenvalue weighted by Crippen LogP contribution is -2.59. The Bertz CT molecular complexity index is 1280. The molecule has 292 valence electrons. The van der Waals surface area contributed by atoms with Crippen LogP contribution in [0, 0.1) is 23.2 Å². The van der Waals surface area contributed by atoms with Crippen LogP contribution in [-0.2, 0) is 17.6 Å². The molecule has 0 heterocycles. The summed E-state index contributed by atoms with van der Waals surface area (Å²) in [5, 5.41) is 51.1. The first-order chi connectivity index (χ1) is 24.0. The van der Waals surface area contributed by atoms with Gasteiger partial charge in [-0.15, -0.1) is 0 Å². The van der Waals surface area contributed by atoms with Gasteiger partial charge in [0.25, 0.3) is 0 Å². The summed E-state index contributed by atoms with van der Waals surface area (Å²) in [5.74, 6) is -3.23. The van der Waals surface area contributed by atoms with Gasteiger partial charge in [-0.05, 0) is 110 Å². The highest BCUT2D eigenvalue weighted by Crippen LogP contribution is 2.63. The van der Waals surface area contributed by atoms with E-state index in [-0.39, 0.29) is 23.2 Å². The molecule has 3 aliphatic rings. The Morgan fingerprint density at radius 1 is 0.922 bits per heavy atom. The molecule has 51 heavy (non-hydrogen) atoms. The van der Waals surface area contributed by atoms with E-state index in [4.69, 9.17) is 0 Å². The number of amides is 1. The highest BCUT2D eigenvalue weighted by Gasteiger charge is 2.57. The van der Waals surface area contributed by atoms with Crippen LogP contribution < -0.4 is 4.90 Å². The lowest BCUT2D eigenvalue weighted by atomic mass is 9.52. The molecule has 14 heteroatoms. The largest absolute Gasteiger partial charge is 0.616 e. The second kappa shape index (κ2) is 17.6. The second-order valence-electron chi connectivity index (χ2n) is 15.5. The van der Waals surface area contributed by atoms with Gasteiger partial charge in [0, 0.05) is 12.1 Å². The van der Waals surface area contributed by atoms with Gasteiger partial charge in [-0.25, -0.2) is 4.79 Å². The number of aliphatic hydroxyl groups excluding tert-OH is 4. The molecular formula is C37H56F5NO7S. The van der Waals surface area contributed by atoms with E-state index in [2.05, 4.69) is 6.92 Å². The molecule has 4 rings (SSSR count). The highest BCUT2D eigenvalue weighted by molar-refractivity contribution is 7.91. The van der Waals surface area contributed by atoms with Crippen molar-refractivity contribution in [1.82, 2.24) is 0 Å². The van der Waals surface area contributed by atoms with Gasteiger partial charge in [-0.3, -0.25) is 4.90 Å². The zero-order valence-electron chi connectivity index (χ0n) is 29.6. The predicted molar refractivity (Wildman–Crippen MR) is 185 cm³/mol. The van der Waals surface area contributed by atoms with Crippen LogP contribution in [0.15, 0.2) is 18.2 Å². The van der Waals surface area contributed by atoms with Gasteiger partial charge in [-0.2, -0.15) is 22.0 Å². The fraction of sp³-hybridized carbons (Fsp3) is 0.811. The number of carbonyl (C=O) groups is 1. The molecule has 1 aromatic rings. The third-order valence-electron chi connectivity index (χ3n) is 12.4. The smallest absolute Gasteiger partial charge is 0.453 e. The van der Waals surface area contributed by atoms with Crippen LogP contribution in [-0.4, -0.2) is 91.2 Å². The van der Waals surface area contributed by atoms with Gasteiger partial charge in [0.15, 0.2) is 0 Å². The summed E-state index contributed by atoms with van der Waals surface area (Å²) in [6.45, 7) is -0.0308. The van der Waals surface area contributed by atoms with Crippen molar-refractivity contribution in [2.45, 2.75) is 133 Å². The van der Waals surface area contributed by atoms with Crippen LogP contribution >= 0.6 is 0 Å². The summed E-state index contributed by atoms with van der Waals surface area (Å²) in [7, 11) is 0. The number of alkyl halides is 5. The number of benzene rings is 1. The standard InChI is InChI=1S/C37H56F5NO7S/c1-34-17-15-29-28-12-11-27(43(33(48)49)35(22-44,23-45)24-46)21-26(28)20-25(32(29)30(34)13-14-31(34)47)10-7-5-3-2-4-6-8-18-51(50)19-9-16-36(38,39)37(40,41)42/h11-12,21,25,29-32,44-47H,2-10,13-20,22-24H2,1H3,(H,48,49)/t25-,29-,30+,31+,32-,34+,51?/m1/s1. The SMILES string of the molecule is C[C@]12CC[C@@H]3c4ccc(N(C(=O)O)C(CO)(CO)CO)cc4C[C@@H](CCCCCCCCC[S+]([O-])CCCC(F)(F)C(F)(F)F)[C@H]3[C@@H]1CC[C@@H]2O. The van der Waals surface area contributed by atoms with Crippen molar-refractivity contribution < 1.29 is 56.8 Å². The van der Waals surface area contributed by atoms with Gasteiger partial charge in [0.1, 0.15) is 17.0 Å². The fourth-order valence-electron chi connectivity index (χ4n) is 9.37. The Hall–Kier alpha value is -1.71. The van der Waals surface area contributed by atoms with E-state index in [0.29, 0.717) is 35.6 Å². The van der Waals surface area contributed by atoms with Gasteiger partial charge in [0.05, 0.1) is 25.9 Å². The first-order valence-electron chi connectivity index (χ1n) is 18.5. The number of carboxylic acid groups (broad SMARTS) is 1. The van der Waals surface area contributed by atoms with Crippen LogP contribution in [0.5, 0.6) is 0 Å². The number of hydrogen-bond acceptors (Lipinski definition) is 6. The number of fused-ring (bicyclic) bond motifs is 5.